The van der Waals surface area contributed by atoms with Crippen molar-refractivity contribution in [2.75, 3.05) is 19.1 Å². The molecule has 0 atom stereocenters. The zero-order valence-electron chi connectivity index (χ0n) is 18.9. The molecule has 0 aliphatic carbocycles. The fourth-order valence-electron chi connectivity index (χ4n) is 3.68. The number of anilines is 2. The first kappa shape index (κ1) is 21.4. The Kier molecular flexibility index (Phi) is 5.54. The first-order valence-electron chi connectivity index (χ1n) is 10.5. The number of halogens is 1. The Labute approximate surface area is 194 Å². The lowest BCUT2D eigenvalue weighted by atomic mass is 10.2. The zero-order chi connectivity index (χ0) is 23.7. The van der Waals surface area contributed by atoms with Gasteiger partial charge in [0, 0.05) is 43.3 Å². The van der Waals surface area contributed by atoms with E-state index < -0.39 is 5.82 Å². The van der Waals surface area contributed by atoms with Crippen LogP contribution in [0.25, 0.3) is 22.4 Å². The van der Waals surface area contributed by atoms with Crippen LogP contribution < -0.4 is 14.4 Å². The maximum atomic E-state index is 15.4. The Bertz CT molecular complexity index is 1450. The molecule has 34 heavy (non-hydrogen) atoms. The monoisotopic (exact) mass is 459 g/mol. The summed E-state index contributed by atoms with van der Waals surface area (Å²) in [5, 5.41) is 0. The molecule has 5 aromatic rings. The van der Waals surface area contributed by atoms with Gasteiger partial charge in [0.15, 0.2) is 17.2 Å². The Morgan fingerprint density at radius 1 is 1.09 bits per heavy atom. The van der Waals surface area contributed by atoms with Gasteiger partial charge in [-0.1, -0.05) is 0 Å². The van der Waals surface area contributed by atoms with E-state index in [1.54, 1.807) is 35.8 Å². The molecule has 9 nitrogen and oxygen atoms in total. The van der Waals surface area contributed by atoms with E-state index in [0.717, 1.165) is 5.56 Å². The molecule has 4 aromatic heterocycles. The zero-order valence-corrected chi connectivity index (χ0v) is 18.9. The molecule has 0 amide bonds. The molecular weight excluding hydrogens is 437 g/mol. The quantitative estimate of drug-likeness (QED) is 0.389. The average molecular weight is 459 g/mol. The number of H-pyrrole nitrogens is 1. The van der Waals surface area contributed by atoms with E-state index in [4.69, 9.17) is 19.4 Å². The van der Waals surface area contributed by atoms with Gasteiger partial charge in [-0.25, -0.2) is 19.3 Å². The topological polar surface area (TPSA) is 94.0 Å². The normalized spacial score (nSPS) is 11.1. The molecule has 0 spiro atoms. The highest BCUT2D eigenvalue weighted by molar-refractivity contribution is 5.77. The molecule has 0 radical (unpaired) electrons. The van der Waals surface area contributed by atoms with Gasteiger partial charge in [0.05, 0.1) is 50.4 Å². The average Bonchev–Trinajstić information content (AvgIpc) is 3.54. The van der Waals surface area contributed by atoms with Gasteiger partial charge >= 0.3 is 0 Å². The van der Waals surface area contributed by atoms with Gasteiger partial charge in [-0.3, -0.25) is 4.98 Å². The van der Waals surface area contributed by atoms with Gasteiger partial charge in [-0.15, -0.1) is 0 Å². The standard InChI is InChI=1S/C24H22FN7O2/c1-31-7-6-15(12-31)19-11-27-18-4-5-22(30-24(18)29-19)32(13-16-10-26-14-28-16)20-8-17(33-2)9-21(34-3)23(20)25/h4-12,14H,13H2,1-3H3,(H,26,28). The van der Waals surface area contributed by atoms with E-state index in [1.807, 2.05) is 36.1 Å². The third kappa shape index (κ3) is 4.01. The number of hydrogen-bond donors (Lipinski definition) is 1. The molecule has 172 valence electrons. The summed E-state index contributed by atoms with van der Waals surface area (Å²) in [5.41, 5.74) is 3.64. The summed E-state index contributed by atoms with van der Waals surface area (Å²) in [7, 11) is 4.87. The van der Waals surface area contributed by atoms with Crippen LogP contribution in [0, 0.1) is 5.82 Å². The fraction of sp³-hybridized carbons (Fsp3) is 0.167. The van der Waals surface area contributed by atoms with Crippen LogP contribution in [0.3, 0.4) is 0 Å². The van der Waals surface area contributed by atoms with Crippen LogP contribution in [0.15, 0.2) is 61.4 Å². The van der Waals surface area contributed by atoms with E-state index in [9.17, 15) is 0 Å². The lowest BCUT2D eigenvalue weighted by molar-refractivity contribution is 0.374. The number of methoxy groups -OCH3 is 2. The van der Waals surface area contributed by atoms with Crippen LogP contribution in [0.4, 0.5) is 15.9 Å². The van der Waals surface area contributed by atoms with Gasteiger partial charge < -0.3 is 23.9 Å². The summed E-state index contributed by atoms with van der Waals surface area (Å²) >= 11 is 0. The van der Waals surface area contributed by atoms with E-state index in [0.29, 0.717) is 34.1 Å². The molecule has 0 fully saturated rings. The predicted molar refractivity (Wildman–Crippen MR) is 126 cm³/mol. The lowest BCUT2D eigenvalue weighted by Crippen LogP contribution is -2.20. The molecule has 5 rings (SSSR count). The van der Waals surface area contributed by atoms with Crippen LogP contribution in [-0.4, -0.2) is 43.7 Å². The minimum absolute atomic E-state index is 0.0633. The van der Waals surface area contributed by atoms with Crippen LogP contribution in [-0.2, 0) is 13.6 Å². The van der Waals surface area contributed by atoms with Crippen LogP contribution in [0.2, 0.25) is 0 Å². The number of imidazole rings is 1. The fourth-order valence-corrected chi connectivity index (χ4v) is 3.68. The maximum absolute atomic E-state index is 15.4. The number of benzene rings is 1. The summed E-state index contributed by atoms with van der Waals surface area (Å²) in [4.78, 5) is 22.9. The van der Waals surface area contributed by atoms with Gasteiger partial charge in [0.2, 0.25) is 0 Å². The van der Waals surface area contributed by atoms with Crippen molar-refractivity contribution in [2.24, 2.45) is 7.05 Å². The number of hydrogen-bond acceptors (Lipinski definition) is 7. The van der Waals surface area contributed by atoms with Crippen molar-refractivity contribution >= 4 is 22.7 Å². The molecule has 10 heteroatoms. The highest BCUT2D eigenvalue weighted by Crippen LogP contribution is 2.37. The molecular formula is C24H22FN7O2. The second kappa shape index (κ2) is 8.81. The first-order valence-corrected chi connectivity index (χ1v) is 10.5. The molecule has 0 unspecified atom stereocenters. The first-order chi connectivity index (χ1) is 16.6. The molecule has 1 aromatic carbocycles. The van der Waals surface area contributed by atoms with Crippen molar-refractivity contribution < 1.29 is 13.9 Å². The van der Waals surface area contributed by atoms with Crippen molar-refractivity contribution in [3.05, 3.63) is 73.0 Å². The van der Waals surface area contributed by atoms with Crippen molar-refractivity contribution in [2.45, 2.75) is 6.54 Å². The summed E-state index contributed by atoms with van der Waals surface area (Å²) in [6.07, 6.45) is 8.93. The summed E-state index contributed by atoms with van der Waals surface area (Å²) < 4.78 is 28.0. The van der Waals surface area contributed by atoms with Crippen LogP contribution in [0.1, 0.15) is 5.69 Å². The van der Waals surface area contributed by atoms with Gasteiger partial charge in [-0.2, -0.15) is 0 Å². The molecule has 1 N–H and O–H groups in total. The number of aromatic amines is 1. The Hall–Kier alpha value is -4.47. The summed E-state index contributed by atoms with van der Waals surface area (Å²) in [6, 6.07) is 8.64. The molecule has 0 saturated heterocycles. The predicted octanol–water partition coefficient (Wildman–Crippen LogP) is 4.25. The SMILES string of the molecule is COc1cc(OC)c(F)c(N(Cc2c[nH]cn2)c2ccc3ncc(-c4ccn(C)c4)nc3n2)c1. The molecule has 4 heterocycles. The number of aromatic nitrogens is 6. The van der Waals surface area contributed by atoms with Gasteiger partial charge in [0.1, 0.15) is 17.1 Å². The number of nitrogens with zero attached hydrogens (tertiary/aromatic N) is 6. The number of nitrogens with one attached hydrogen (secondary N) is 1. The van der Waals surface area contributed by atoms with Crippen molar-refractivity contribution in [1.82, 2.24) is 29.5 Å². The number of fused-ring (bicyclic) bond motifs is 1. The van der Waals surface area contributed by atoms with Gasteiger partial charge in [0.25, 0.3) is 0 Å². The second-order valence-corrected chi connectivity index (χ2v) is 7.64. The van der Waals surface area contributed by atoms with Crippen molar-refractivity contribution in [1.29, 1.82) is 0 Å². The second-order valence-electron chi connectivity index (χ2n) is 7.64. The molecule has 0 aliphatic rings. The minimum atomic E-state index is -0.537. The highest BCUT2D eigenvalue weighted by atomic mass is 19.1. The molecule has 0 saturated carbocycles. The number of pyridine rings is 1. The van der Waals surface area contributed by atoms with E-state index >= 15 is 4.39 Å². The minimum Gasteiger partial charge on any atom is -0.497 e. The molecule has 0 bridgehead atoms. The molecule has 0 aliphatic heterocycles. The van der Waals surface area contributed by atoms with Crippen LogP contribution >= 0.6 is 0 Å². The Balaban J connectivity index is 1.65. The number of rotatable bonds is 7. The third-order valence-electron chi connectivity index (χ3n) is 5.41. The Morgan fingerprint density at radius 2 is 1.97 bits per heavy atom. The maximum Gasteiger partial charge on any atom is 0.188 e. The summed E-state index contributed by atoms with van der Waals surface area (Å²) in [5.74, 6) is 0.453. The highest BCUT2D eigenvalue weighted by Gasteiger charge is 2.22. The van der Waals surface area contributed by atoms with Crippen molar-refractivity contribution in [3.63, 3.8) is 0 Å². The largest absolute Gasteiger partial charge is 0.497 e. The third-order valence-corrected chi connectivity index (χ3v) is 5.41. The smallest absolute Gasteiger partial charge is 0.188 e. The number of aryl methyl sites for hydroxylation is 1. The lowest BCUT2D eigenvalue weighted by Gasteiger charge is -2.25. The van der Waals surface area contributed by atoms with E-state index in [-0.39, 0.29) is 18.0 Å². The summed E-state index contributed by atoms with van der Waals surface area (Å²) in [6.45, 7) is 0.251. The van der Waals surface area contributed by atoms with E-state index in [1.165, 1.54) is 20.3 Å². The number of ether oxygens (including phenoxy) is 2. The van der Waals surface area contributed by atoms with Crippen molar-refractivity contribution in [3.8, 4) is 22.8 Å². The Morgan fingerprint density at radius 3 is 2.68 bits per heavy atom. The van der Waals surface area contributed by atoms with E-state index in [2.05, 4.69) is 15.0 Å². The van der Waals surface area contributed by atoms with Crippen LogP contribution in [0.5, 0.6) is 11.5 Å². The van der Waals surface area contributed by atoms with Gasteiger partial charge in [-0.05, 0) is 18.2 Å².